The molecule has 1 aromatic rings. The van der Waals surface area contributed by atoms with Gasteiger partial charge in [0, 0.05) is 6.54 Å². The number of nitrogens with one attached hydrogen (secondary N) is 1. The number of carbonyl (C=O) groups is 1. The summed E-state index contributed by atoms with van der Waals surface area (Å²) in [6.07, 6.45) is 2.66. The van der Waals surface area contributed by atoms with Gasteiger partial charge in [0.25, 0.3) is 0 Å². The molecule has 0 aliphatic heterocycles. The van der Waals surface area contributed by atoms with Gasteiger partial charge < -0.3 is 5.11 Å². The van der Waals surface area contributed by atoms with Gasteiger partial charge in [0.05, 0.1) is 10.5 Å². The minimum atomic E-state index is -3.61. The Hall–Kier alpha value is -1.40. The average Bonchev–Trinajstić information content (AvgIpc) is 3.19. The first kappa shape index (κ1) is 14.0. The molecule has 0 aromatic heterocycles. The first-order valence-corrected chi connectivity index (χ1v) is 7.78. The van der Waals surface area contributed by atoms with E-state index in [-0.39, 0.29) is 10.5 Å². The lowest BCUT2D eigenvalue weighted by molar-refractivity contribution is 0.0695. The number of hydrogen-bond donors (Lipinski definition) is 2. The number of aromatic carboxylic acids is 1. The summed E-state index contributed by atoms with van der Waals surface area (Å²) in [4.78, 5) is 11.1. The van der Waals surface area contributed by atoms with E-state index in [0.717, 1.165) is 12.8 Å². The van der Waals surface area contributed by atoms with E-state index in [1.807, 2.05) is 6.92 Å². The van der Waals surface area contributed by atoms with Crippen molar-refractivity contribution in [3.63, 3.8) is 0 Å². The van der Waals surface area contributed by atoms with E-state index in [2.05, 4.69) is 4.72 Å². The number of sulfonamides is 1. The van der Waals surface area contributed by atoms with Crippen LogP contribution in [0.3, 0.4) is 0 Å². The fourth-order valence-electron chi connectivity index (χ4n) is 1.86. The van der Waals surface area contributed by atoms with Gasteiger partial charge in [-0.15, -0.1) is 0 Å². The summed E-state index contributed by atoms with van der Waals surface area (Å²) in [5.74, 6) is -0.667. The Kier molecular flexibility index (Phi) is 3.91. The second-order valence-corrected chi connectivity index (χ2v) is 6.54. The van der Waals surface area contributed by atoms with Crippen molar-refractivity contribution in [1.29, 1.82) is 0 Å². The van der Waals surface area contributed by atoms with E-state index in [9.17, 15) is 13.2 Å². The van der Waals surface area contributed by atoms with Gasteiger partial charge in [-0.2, -0.15) is 0 Å². The zero-order valence-electron chi connectivity index (χ0n) is 10.7. The van der Waals surface area contributed by atoms with E-state index in [1.165, 1.54) is 12.1 Å². The number of carboxylic acids is 1. The molecule has 0 bridgehead atoms. The second-order valence-electron chi connectivity index (χ2n) is 4.77. The van der Waals surface area contributed by atoms with E-state index < -0.39 is 16.0 Å². The first-order valence-electron chi connectivity index (χ1n) is 6.30. The Labute approximate surface area is 112 Å². The standard InChI is InChI=1S/C13H17NO4S/c1-2-10-5-6-11(7-12(10)13(15)16)19(17,18)14-8-9-3-4-9/h5-7,9,14H,2-4,8H2,1H3,(H,15,16). The van der Waals surface area contributed by atoms with Crippen LogP contribution in [0.1, 0.15) is 35.7 Å². The summed E-state index contributed by atoms with van der Waals surface area (Å²) >= 11 is 0. The monoisotopic (exact) mass is 283 g/mol. The molecule has 1 aromatic carbocycles. The predicted octanol–water partition coefficient (Wildman–Crippen LogP) is 1.64. The molecule has 19 heavy (non-hydrogen) atoms. The summed E-state index contributed by atoms with van der Waals surface area (Å²) in [6.45, 7) is 2.27. The fraction of sp³-hybridized carbons (Fsp3) is 0.462. The van der Waals surface area contributed by atoms with Gasteiger partial charge in [-0.1, -0.05) is 13.0 Å². The molecule has 0 amide bonds. The van der Waals surface area contributed by atoms with E-state index in [1.54, 1.807) is 6.07 Å². The first-order chi connectivity index (χ1) is 8.94. The zero-order valence-corrected chi connectivity index (χ0v) is 11.5. The van der Waals surface area contributed by atoms with Crippen LogP contribution in [0.5, 0.6) is 0 Å². The number of hydrogen-bond acceptors (Lipinski definition) is 3. The Morgan fingerprint density at radius 3 is 2.63 bits per heavy atom. The van der Waals surface area contributed by atoms with Crippen LogP contribution in [-0.4, -0.2) is 26.0 Å². The predicted molar refractivity (Wildman–Crippen MR) is 70.7 cm³/mol. The average molecular weight is 283 g/mol. The van der Waals surface area contributed by atoms with Gasteiger partial charge in [-0.3, -0.25) is 0 Å². The molecule has 0 atom stereocenters. The van der Waals surface area contributed by atoms with E-state index in [0.29, 0.717) is 24.4 Å². The molecule has 1 aliphatic carbocycles. The minimum absolute atomic E-state index is 0.0164. The smallest absolute Gasteiger partial charge is 0.336 e. The van der Waals surface area contributed by atoms with Crippen molar-refractivity contribution in [2.24, 2.45) is 5.92 Å². The molecule has 0 heterocycles. The van der Waals surface area contributed by atoms with Gasteiger partial charge in [0.2, 0.25) is 10.0 Å². The molecule has 104 valence electrons. The molecule has 0 unspecified atom stereocenters. The van der Waals surface area contributed by atoms with Crippen LogP contribution in [0.15, 0.2) is 23.1 Å². The Morgan fingerprint density at radius 1 is 1.42 bits per heavy atom. The third kappa shape index (κ3) is 3.33. The van der Waals surface area contributed by atoms with E-state index in [4.69, 9.17) is 5.11 Å². The van der Waals surface area contributed by atoms with Crippen molar-refractivity contribution < 1.29 is 18.3 Å². The highest BCUT2D eigenvalue weighted by Gasteiger charge is 2.25. The minimum Gasteiger partial charge on any atom is -0.478 e. The van der Waals surface area contributed by atoms with Crippen LogP contribution in [-0.2, 0) is 16.4 Å². The van der Waals surface area contributed by atoms with Crippen LogP contribution in [0.4, 0.5) is 0 Å². The normalized spacial score (nSPS) is 15.4. The fourth-order valence-corrected chi connectivity index (χ4v) is 3.00. The molecule has 6 heteroatoms. The molecule has 0 radical (unpaired) electrons. The number of benzene rings is 1. The third-order valence-corrected chi connectivity index (χ3v) is 4.68. The summed E-state index contributed by atoms with van der Waals surface area (Å²) in [5, 5.41) is 9.10. The SMILES string of the molecule is CCc1ccc(S(=O)(=O)NCC2CC2)cc1C(=O)O. The quantitative estimate of drug-likeness (QED) is 0.831. The van der Waals surface area contributed by atoms with Crippen LogP contribution in [0.2, 0.25) is 0 Å². The summed E-state index contributed by atoms with van der Waals surface area (Å²) in [7, 11) is -3.61. The lowest BCUT2D eigenvalue weighted by Gasteiger charge is -2.09. The maximum Gasteiger partial charge on any atom is 0.336 e. The number of rotatable bonds is 6. The van der Waals surface area contributed by atoms with Gasteiger partial charge >= 0.3 is 5.97 Å². The summed E-state index contributed by atoms with van der Waals surface area (Å²) in [6, 6.07) is 4.26. The van der Waals surface area contributed by atoms with Crippen LogP contribution < -0.4 is 4.72 Å². The summed E-state index contributed by atoms with van der Waals surface area (Å²) in [5.41, 5.74) is 0.686. The van der Waals surface area contributed by atoms with Gasteiger partial charge in [-0.05, 0) is 42.9 Å². The van der Waals surface area contributed by atoms with Crippen LogP contribution in [0, 0.1) is 5.92 Å². The highest BCUT2D eigenvalue weighted by molar-refractivity contribution is 7.89. The molecular formula is C13H17NO4S. The van der Waals surface area contributed by atoms with Crippen LogP contribution in [0.25, 0.3) is 0 Å². The van der Waals surface area contributed by atoms with Crippen molar-refractivity contribution in [2.75, 3.05) is 6.54 Å². The number of aryl methyl sites for hydroxylation is 1. The van der Waals surface area contributed by atoms with Gasteiger partial charge in [-0.25, -0.2) is 17.9 Å². The molecule has 0 saturated heterocycles. The molecule has 2 rings (SSSR count). The lowest BCUT2D eigenvalue weighted by atomic mass is 10.1. The topological polar surface area (TPSA) is 83.5 Å². The Balaban J connectivity index is 2.28. The van der Waals surface area contributed by atoms with Crippen molar-refractivity contribution in [2.45, 2.75) is 31.1 Å². The van der Waals surface area contributed by atoms with Crippen molar-refractivity contribution in [3.05, 3.63) is 29.3 Å². The second kappa shape index (κ2) is 5.30. The maximum atomic E-state index is 12.0. The molecule has 1 fully saturated rings. The Morgan fingerprint density at radius 2 is 2.11 bits per heavy atom. The van der Waals surface area contributed by atoms with Crippen molar-refractivity contribution in [1.82, 2.24) is 4.72 Å². The van der Waals surface area contributed by atoms with Gasteiger partial charge in [0.1, 0.15) is 0 Å². The third-order valence-electron chi connectivity index (χ3n) is 3.26. The highest BCUT2D eigenvalue weighted by Crippen LogP contribution is 2.28. The van der Waals surface area contributed by atoms with E-state index >= 15 is 0 Å². The van der Waals surface area contributed by atoms with Crippen molar-refractivity contribution >= 4 is 16.0 Å². The molecular weight excluding hydrogens is 266 g/mol. The lowest BCUT2D eigenvalue weighted by Crippen LogP contribution is -2.26. The Bertz CT molecular complexity index is 591. The highest BCUT2D eigenvalue weighted by atomic mass is 32.2. The summed E-state index contributed by atoms with van der Waals surface area (Å²) < 4.78 is 26.6. The molecule has 5 nitrogen and oxygen atoms in total. The maximum absolute atomic E-state index is 12.0. The van der Waals surface area contributed by atoms with Crippen LogP contribution >= 0.6 is 0 Å². The zero-order chi connectivity index (χ0) is 14.0. The molecule has 0 spiro atoms. The largest absolute Gasteiger partial charge is 0.478 e. The molecule has 1 aliphatic rings. The molecule has 2 N–H and O–H groups in total. The molecule has 1 saturated carbocycles. The number of carboxylic acid groups (broad SMARTS) is 1. The van der Waals surface area contributed by atoms with Crippen molar-refractivity contribution in [3.8, 4) is 0 Å². The van der Waals surface area contributed by atoms with Gasteiger partial charge in [0.15, 0.2) is 0 Å².